The molecule has 1 N–H and O–H groups in total. The molecule has 0 bridgehead atoms. The fourth-order valence-corrected chi connectivity index (χ4v) is 2.26. The topological polar surface area (TPSA) is 36.1 Å². The van der Waals surface area contributed by atoms with E-state index in [4.69, 9.17) is 11.6 Å². The van der Waals surface area contributed by atoms with E-state index >= 15 is 0 Å². The molecule has 1 radical (unpaired) electrons. The minimum atomic E-state index is -0.132. The van der Waals surface area contributed by atoms with Crippen LogP contribution in [0.4, 0.5) is 0 Å². The number of likely N-dealkylation sites (tertiary alicyclic amines) is 1. The molecule has 1 aliphatic heterocycles. The standard InChI is InChI=1S/C11H14ClN2O/c1-2-14-5-3-4-10(14)9-6-8(12)7-11(15)13-9/h6-7H,2-5H2,1H3,(H,13,15). The van der Waals surface area contributed by atoms with Crippen LogP contribution in [0.1, 0.15) is 25.5 Å². The lowest BCUT2D eigenvalue weighted by Gasteiger charge is -2.21. The van der Waals surface area contributed by atoms with Gasteiger partial charge in [0.25, 0.3) is 0 Å². The van der Waals surface area contributed by atoms with Crippen molar-refractivity contribution in [1.29, 1.82) is 0 Å². The Morgan fingerprint density at radius 2 is 2.33 bits per heavy atom. The van der Waals surface area contributed by atoms with E-state index in [9.17, 15) is 4.79 Å². The Hall–Kier alpha value is -0.800. The van der Waals surface area contributed by atoms with Gasteiger partial charge < -0.3 is 4.98 Å². The molecule has 0 spiro atoms. The van der Waals surface area contributed by atoms with Crippen LogP contribution in [0, 0.1) is 6.04 Å². The molecule has 1 fully saturated rings. The number of nitrogens with one attached hydrogen (secondary N) is 1. The predicted octanol–water partition coefficient (Wildman–Crippen LogP) is 2.02. The largest absolute Gasteiger partial charge is 0.324 e. The van der Waals surface area contributed by atoms with Gasteiger partial charge in [-0.25, -0.2) is 0 Å². The molecule has 0 unspecified atom stereocenters. The first kappa shape index (κ1) is 10.7. The van der Waals surface area contributed by atoms with Crippen LogP contribution >= 0.6 is 11.6 Å². The van der Waals surface area contributed by atoms with Crippen molar-refractivity contribution >= 4 is 11.6 Å². The van der Waals surface area contributed by atoms with Gasteiger partial charge in [-0.2, -0.15) is 0 Å². The lowest BCUT2D eigenvalue weighted by Crippen LogP contribution is -2.25. The molecule has 0 atom stereocenters. The van der Waals surface area contributed by atoms with Crippen molar-refractivity contribution in [2.24, 2.45) is 0 Å². The zero-order valence-corrected chi connectivity index (χ0v) is 9.47. The summed E-state index contributed by atoms with van der Waals surface area (Å²) in [6, 6.07) is 4.43. The van der Waals surface area contributed by atoms with Crippen LogP contribution in [-0.2, 0) is 0 Å². The molecule has 3 nitrogen and oxygen atoms in total. The van der Waals surface area contributed by atoms with Gasteiger partial charge in [-0.1, -0.05) is 18.5 Å². The second-order valence-corrected chi connectivity index (χ2v) is 4.14. The van der Waals surface area contributed by atoms with Crippen molar-refractivity contribution in [2.75, 3.05) is 13.1 Å². The Balaban J connectivity index is 2.32. The molecule has 2 rings (SSSR count). The molecular weight excluding hydrogens is 212 g/mol. The molecule has 0 aliphatic carbocycles. The number of hydrogen-bond donors (Lipinski definition) is 1. The van der Waals surface area contributed by atoms with Crippen LogP contribution in [-0.4, -0.2) is 23.0 Å². The average molecular weight is 226 g/mol. The van der Waals surface area contributed by atoms with Gasteiger partial charge in [-0.3, -0.25) is 9.69 Å². The highest BCUT2D eigenvalue weighted by molar-refractivity contribution is 6.30. The van der Waals surface area contributed by atoms with Crippen molar-refractivity contribution in [1.82, 2.24) is 9.88 Å². The monoisotopic (exact) mass is 225 g/mol. The third kappa shape index (κ3) is 2.24. The first-order valence-electron chi connectivity index (χ1n) is 5.21. The molecule has 0 aromatic carbocycles. The van der Waals surface area contributed by atoms with Gasteiger partial charge in [-0.15, -0.1) is 0 Å². The third-order valence-corrected chi connectivity index (χ3v) is 2.94. The molecule has 15 heavy (non-hydrogen) atoms. The van der Waals surface area contributed by atoms with Crippen molar-refractivity contribution in [2.45, 2.75) is 19.8 Å². The quantitative estimate of drug-likeness (QED) is 0.836. The first-order valence-corrected chi connectivity index (χ1v) is 5.59. The first-order chi connectivity index (χ1) is 7.20. The summed E-state index contributed by atoms with van der Waals surface area (Å²) in [5, 5.41) is 0.504. The van der Waals surface area contributed by atoms with Gasteiger partial charge in [0.2, 0.25) is 5.56 Å². The zero-order valence-electron chi connectivity index (χ0n) is 8.72. The highest BCUT2D eigenvalue weighted by atomic mass is 35.5. The second-order valence-electron chi connectivity index (χ2n) is 3.71. The van der Waals surface area contributed by atoms with Gasteiger partial charge in [0.05, 0.1) is 6.04 Å². The van der Waals surface area contributed by atoms with Crippen molar-refractivity contribution in [3.8, 4) is 0 Å². The van der Waals surface area contributed by atoms with Crippen molar-refractivity contribution < 1.29 is 0 Å². The number of nitrogens with zero attached hydrogens (tertiary/aromatic N) is 1. The lowest BCUT2D eigenvalue weighted by molar-refractivity contribution is 0.369. The zero-order chi connectivity index (χ0) is 10.8. The van der Waals surface area contributed by atoms with Gasteiger partial charge in [0.1, 0.15) is 0 Å². The molecule has 4 heteroatoms. The number of pyridine rings is 1. The molecule has 1 aromatic heterocycles. The minimum absolute atomic E-state index is 0.132. The molecule has 1 aromatic rings. The fraction of sp³-hybridized carbons (Fsp3) is 0.455. The average Bonchev–Trinajstić information content (AvgIpc) is 2.63. The van der Waals surface area contributed by atoms with E-state index < -0.39 is 0 Å². The number of H-pyrrole nitrogens is 1. The van der Waals surface area contributed by atoms with Gasteiger partial charge in [0.15, 0.2) is 0 Å². The molecule has 1 aliphatic rings. The molecule has 81 valence electrons. The van der Waals surface area contributed by atoms with Crippen LogP contribution in [0.2, 0.25) is 5.02 Å². The van der Waals surface area contributed by atoms with Crippen LogP contribution in [0.3, 0.4) is 0 Å². The summed E-state index contributed by atoms with van der Waals surface area (Å²) in [6.45, 7) is 4.16. The normalized spacial score (nSPS) is 18.5. The highest BCUT2D eigenvalue weighted by Gasteiger charge is 2.26. The number of rotatable bonds is 2. The molecular formula is C11H14ClN2O. The van der Waals surface area contributed by atoms with Gasteiger partial charge in [-0.05, 0) is 32.0 Å². The summed E-state index contributed by atoms with van der Waals surface area (Å²) in [7, 11) is 0. The Labute approximate surface area is 94.1 Å². The summed E-state index contributed by atoms with van der Waals surface area (Å²) in [6.07, 6.45) is 2.17. The smallest absolute Gasteiger partial charge is 0.249 e. The Morgan fingerprint density at radius 1 is 1.53 bits per heavy atom. The molecule has 2 heterocycles. The van der Waals surface area contributed by atoms with E-state index in [1.165, 1.54) is 12.1 Å². The minimum Gasteiger partial charge on any atom is -0.324 e. The van der Waals surface area contributed by atoms with Crippen molar-refractivity contribution in [3.63, 3.8) is 0 Å². The predicted molar refractivity (Wildman–Crippen MR) is 60.9 cm³/mol. The molecule has 0 amide bonds. The van der Waals surface area contributed by atoms with Gasteiger partial charge >= 0.3 is 0 Å². The number of aromatic nitrogens is 1. The Kier molecular flexibility index (Phi) is 3.12. The molecule has 1 saturated heterocycles. The fourth-order valence-electron chi connectivity index (χ4n) is 2.05. The summed E-state index contributed by atoms with van der Waals surface area (Å²) in [5.41, 5.74) is 0.736. The van der Waals surface area contributed by atoms with Crippen LogP contribution in [0.15, 0.2) is 16.9 Å². The Bertz CT molecular complexity index is 402. The van der Waals surface area contributed by atoms with E-state index in [0.717, 1.165) is 31.6 Å². The maximum Gasteiger partial charge on any atom is 0.249 e. The summed E-state index contributed by atoms with van der Waals surface area (Å²) >= 11 is 5.87. The molecule has 0 saturated carbocycles. The summed E-state index contributed by atoms with van der Waals surface area (Å²) in [4.78, 5) is 16.4. The SMILES string of the molecule is CCN1CCC[C]1c1cc(Cl)cc(=O)[nH]1. The van der Waals surface area contributed by atoms with Crippen molar-refractivity contribution in [3.05, 3.63) is 39.2 Å². The lowest BCUT2D eigenvalue weighted by atomic mass is 10.1. The van der Waals surface area contributed by atoms with Crippen LogP contribution in [0.5, 0.6) is 0 Å². The second kappa shape index (κ2) is 4.37. The van der Waals surface area contributed by atoms with E-state index in [1.807, 2.05) is 6.07 Å². The summed E-state index contributed by atoms with van der Waals surface area (Å²) < 4.78 is 0. The maximum absolute atomic E-state index is 11.3. The highest BCUT2D eigenvalue weighted by Crippen LogP contribution is 2.29. The van der Waals surface area contributed by atoms with E-state index in [1.54, 1.807) is 0 Å². The number of halogens is 1. The van der Waals surface area contributed by atoms with Gasteiger partial charge in [0, 0.05) is 16.8 Å². The summed E-state index contributed by atoms with van der Waals surface area (Å²) in [5.74, 6) is 0. The van der Waals surface area contributed by atoms with Crippen LogP contribution < -0.4 is 5.56 Å². The van der Waals surface area contributed by atoms with E-state index in [-0.39, 0.29) is 5.56 Å². The maximum atomic E-state index is 11.3. The Morgan fingerprint density at radius 3 is 3.00 bits per heavy atom. The van der Waals surface area contributed by atoms with E-state index in [0.29, 0.717) is 5.02 Å². The number of aromatic amines is 1. The van der Waals surface area contributed by atoms with Crippen LogP contribution in [0.25, 0.3) is 0 Å². The number of hydrogen-bond acceptors (Lipinski definition) is 2. The van der Waals surface area contributed by atoms with E-state index in [2.05, 4.69) is 16.8 Å². The third-order valence-electron chi connectivity index (χ3n) is 2.73.